The first-order valence-electron chi connectivity index (χ1n) is 6.92. The van der Waals surface area contributed by atoms with Crippen LogP contribution in [0.3, 0.4) is 0 Å². The fourth-order valence-corrected chi connectivity index (χ4v) is 2.51. The van der Waals surface area contributed by atoms with Crippen molar-refractivity contribution in [1.29, 1.82) is 0 Å². The Balaban J connectivity index is 1.98. The van der Waals surface area contributed by atoms with E-state index in [-0.39, 0.29) is 5.84 Å². The largest absolute Gasteiger partial charge is 0.409 e. The van der Waals surface area contributed by atoms with E-state index in [2.05, 4.69) is 36.3 Å². The summed E-state index contributed by atoms with van der Waals surface area (Å²) in [7, 11) is 0. The van der Waals surface area contributed by atoms with Crippen LogP contribution in [-0.4, -0.2) is 16.0 Å². The van der Waals surface area contributed by atoms with Gasteiger partial charge in [-0.25, -0.2) is 4.98 Å². The van der Waals surface area contributed by atoms with Crippen molar-refractivity contribution >= 4 is 49.7 Å². The summed E-state index contributed by atoms with van der Waals surface area (Å²) in [5.41, 5.74) is 13.2. The molecule has 0 bridgehead atoms. The summed E-state index contributed by atoms with van der Waals surface area (Å²) in [5.74, 6) is 0.337. The maximum absolute atomic E-state index is 8.66. The number of pyridine rings is 1. The molecule has 0 radical (unpaired) electrons. The number of nitrogens with two attached hydrogens (primary N) is 2. The summed E-state index contributed by atoms with van der Waals surface area (Å²) >= 11 is 3.44. The minimum absolute atomic E-state index is 0.0332. The molecule has 0 aliphatic rings. The van der Waals surface area contributed by atoms with E-state index in [9.17, 15) is 0 Å². The summed E-state index contributed by atoms with van der Waals surface area (Å²) < 4.78 is 0.917. The van der Waals surface area contributed by atoms with E-state index >= 15 is 0 Å². The molecule has 1 heterocycles. The molecule has 0 saturated heterocycles. The summed E-state index contributed by atoms with van der Waals surface area (Å²) in [5, 5.41) is 21.8. The van der Waals surface area contributed by atoms with Gasteiger partial charge in [0.2, 0.25) is 0 Å². The molecule has 0 amide bonds. The lowest BCUT2D eigenvalue weighted by atomic mass is 10.1. The fraction of sp³-hybridized carbons (Fsp3) is 0. The first-order valence-corrected chi connectivity index (χ1v) is 7.71. The monoisotopic (exact) mass is 384 g/mol. The number of azo groups is 1. The van der Waals surface area contributed by atoms with Crippen molar-refractivity contribution < 1.29 is 5.21 Å². The second-order valence-corrected chi connectivity index (χ2v) is 5.87. The van der Waals surface area contributed by atoms with E-state index < -0.39 is 0 Å². The van der Waals surface area contributed by atoms with Gasteiger partial charge in [-0.3, -0.25) is 0 Å². The molecule has 0 aliphatic carbocycles. The molecule has 0 unspecified atom stereocenters. The Morgan fingerprint density at radius 2 is 1.83 bits per heavy atom. The average Bonchev–Trinajstić information content (AvgIpc) is 2.60. The highest BCUT2D eigenvalue weighted by molar-refractivity contribution is 9.10. The van der Waals surface area contributed by atoms with Gasteiger partial charge in [-0.2, -0.15) is 5.11 Å². The molecule has 0 fully saturated rings. The average molecular weight is 385 g/mol. The second-order valence-electron chi connectivity index (χ2n) is 4.96. The molecule has 120 valence electrons. The molecule has 3 rings (SSSR count). The van der Waals surface area contributed by atoms with Crippen molar-refractivity contribution in [3.05, 3.63) is 58.7 Å². The number of amidine groups is 1. The minimum Gasteiger partial charge on any atom is -0.409 e. The number of nitrogen functional groups attached to an aromatic ring is 1. The Morgan fingerprint density at radius 3 is 2.54 bits per heavy atom. The van der Waals surface area contributed by atoms with E-state index in [1.54, 1.807) is 30.5 Å². The van der Waals surface area contributed by atoms with Crippen LogP contribution < -0.4 is 11.5 Å². The Labute approximate surface area is 145 Å². The zero-order valence-corrected chi connectivity index (χ0v) is 14.0. The third kappa shape index (κ3) is 3.18. The van der Waals surface area contributed by atoms with Crippen LogP contribution in [0.15, 0.2) is 68.5 Å². The van der Waals surface area contributed by atoms with Gasteiger partial charge in [0, 0.05) is 27.0 Å². The lowest BCUT2D eigenvalue weighted by Gasteiger charge is -2.04. The van der Waals surface area contributed by atoms with Crippen LogP contribution >= 0.6 is 15.9 Å². The fourth-order valence-electron chi connectivity index (χ4n) is 2.15. The van der Waals surface area contributed by atoms with Crippen molar-refractivity contribution in [3.63, 3.8) is 0 Å². The number of halogens is 1. The van der Waals surface area contributed by atoms with Crippen LogP contribution in [0.5, 0.6) is 0 Å². The summed E-state index contributed by atoms with van der Waals surface area (Å²) in [6, 6.07) is 12.6. The molecular formula is C16H13BrN6O. The second kappa shape index (κ2) is 6.63. The smallest absolute Gasteiger partial charge is 0.170 e. The van der Waals surface area contributed by atoms with Gasteiger partial charge in [-0.15, -0.1) is 5.11 Å². The Kier molecular flexibility index (Phi) is 4.39. The normalized spacial score (nSPS) is 12.1. The number of anilines is 1. The molecule has 3 aromatic rings. The molecule has 0 saturated carbocycles. The van der Waals surface area contributed by atoms with E-state index in [0.717, 1.165) is 15.2 Å². The Bertz CT molecular complexity index is 947. The molecule has 0 atom stereocenters. The highest BCUT2D eigenvalue weighted by atomic mass is 79.9. The number of benzene rings is 2. The van der Waals surface area contributed by atoms with E-state index in [0.29, 0.717) is 22.8 Å². The number of fused-ring (bicyclic) bond motifs is 1. The quantitative estimate of drug-likeness (QED) is 0.207. The predicted octanol–water partition coefficient (Wildman–Crippen LogP) is 4.09. The van der Waals surface area contributed by atoms with E-state index in [1.165, 1.54) is 0 Å². The van der Waals surface area contributed by atoms with Crippen LogP contribution in [0.25, 0.3) is 10.8 Å². The Hall–Kier alpha value is -3.00. The van der Waals surface area contributed by atoms with Gasteiger partial charge in [0.25, 0.3) is 0 Å². The Morgan fingerprint density at radius 1 is 1.08 bits per heavy atom. The van der Waals surface area contributed by atoms with Crippen molar-refractivity contribution in [2.45, 2.75) is 0 Å². The predicted molar refractivity (Wildman–Crippen MR) is 97.0 cm³/mol. The zero-order chi connectivity index (χ0) is 17.1. The maximum Gasteiger partial charge on any atom is 0.170 e. The van der Waals surface area contributed by atoms with Crippen molar-refractivity contribution in [2.75, 3.05) is 5.73 Å². The molecule has 8 heteroatoms. The summed E-state index contributed by atoms with van der Waals surface area (Å²) in [4.78, 5) is 4.15. The number of hydrogen-bond acceptors (Lipinski definition) is 6. The van der Waals surface area contributed by atoms with Crippen LogP contribution in [0.2, 0.25) is 0 Å². The highest BCUT2D eigenvalue weighted by Crippen LogP contribution is 2.33. The highest BCUT2D eigenvalue weighted by Gasteiger charge is 2.07. The standard InChI is InChI=1S/C16H13BrN6O/c17-11-4-1-10-8-20-16(19)14(13(10)7-11)22-21-12-5-2-9(3-6-12)15(18)23-24/h1-8,24H,(H2,18,23)(H2,19,20)/b22-21+. The molecule has 2 aromatic carbocycles. The van der Waals surface area contributed by atoms with Gasteiger partial charge >= 0.3 is 0 Å². The van der Waals surface area contributed by atoms with Crippen LogP contribution in [-0.2, 0) is 0 Å². The third-order valence-electron chi connectivity index (χ3n) is 3.39. The van der Waals surface area contributed by atoms with Crippen LogP contribution in [0.1, 0.15) is 5.56 Å². The molecule has 7 nitrogen and oxygen atoms in total. The number of rotatable bonds is 3. The summed E-state index contributed by atoms with van der Waals surface area (Å²) in [6.07, 6.45) is 1.70. The number of hydrogen-bond donors (Lipinski definition) is 3. The molecule has 0 aliphatic heterocycles. The van der Waals surface area contributed by atoms with Gasteiger partial charge in [-0.05, 0) is 36.4 Å². The zero-order valence-electron chi connectivity index (χ0n) is 12.4. The van der Waals surface area contributed by atoms with Crippen LogP contribution in [0, 0.1) is 0 Å². The molecule has 1 aromatic heterocycles. The molecule has 0 spiro atoms. The first-order chi connectivity index (χ1) is 11.6. The van der Waals surface area contributed by atoms with Crippen molar-refractivity contribution in [3.8, 4) is 0 Å². The number of nitrogens with zero attached hydrogens (tertiary/aromatic N) is 4. The first kappa shape index (κ1) is 15.9. The number of aromatic nitrogens is 1. The van der Waals surface area contributed by atoms with Gasteiger partial charge in [0.05, 0.1) is 5.69 Å². The van der Waals surface area contributed by atoms with Gasteiger partial charge < -0.3 is 16.7 Å². The molecule has 24 heavy (non-hydrogen) atoms. The van der Waals surface area contributed by atoms with Gasteiger partial charge in [0.1, 0.15) is 5.69 Å². The lowest BCUT2D eigenvalue weighted by Crippen LogP contribution is -2.12. The van der Waals surface area contributed by atoms with E-state index in [1.807, 2.05) is 18.2 Å². The topological polar surface area (TPSA) is 122 Å². The summed E-state index contributed by atoms with van der Waals surface area (Å²) in [6.45, 7) is 0. The van der Waals surface area contributed by atoms with Crippen molar-refractivity contribution in [1.82, 2.24) is 4.98 Å². The van der Waals surface area contributed by atoms with Gasteiger partial charge in [-0.1, -0.05) is 27.2 Å². The SMILES string of the molecule is N/C(=N/O)c1ccc(/N=N/c2c(N)ncc3ccc(Br)cc23)cc1. The molecule has 5 N–H and O–H groups in total. The minimum atomic E-state index is 0.0332. The molecular weight excluding hydrogens is 372 g/mol. The van der Waals surface area contributed by atoms with Gasteiger partial charge in [0.15, 0.2) is 11.7 Å². The lowest BCUT2D eigenvalue weighted by molar-refractivity contribution is 0.318. The third-order valence-corrected chi connectivity index (χ3v) is 3.89. The van der Waals surface area contributed by atoms with E-state index in [4.69, 9.17) is 16.7 Å². The maximum atomic E-state index is 8.66. The van der Waals surface area contributed by atoms with Crippen LogP contribution in [0.4, 0.5) is 17.2 Å². The number of oxime groups is 1. The van der Waals surface area contributed by atoms with Crippen molar-refractivity contribution in [2.24, 2.45) is 21.1 Å².